The van der Waals surface area contributed by atoms with Crippen LogP contribution in [0.15, 0.2) is 11.6 Å². The van der Waals surface area contributed by atoms with E-state index < -0.39 is 184 Å². The third-order valence-electron chi connectivity index (χ3n) is 21.2. The molecule has 0 aromatic heterocycles. The fraction of sp³-hybridized carbons (Fsp3) is 0.964. The Balaban J connectivity index is 0.995. The zero-order valence-electron chi connectivity index (χ0n) is 46.6. The SMILES string of the molecule is C[C@H]1[C@H](O)[C@@H](O)[C@H](O[C@H]2[C@H](O)[C@@H](O[C@@H]3O[C@H](CO)[C@@H](O)[C@H](O)[C@H]3O)[C@H](O[C@H](CC[C@@H](C)C3CC[C@@]4(C)C5CC=C6C(CC[C@H](O[C@@H]7O[C@H](CO)[C@@H](O)[C@H](O)[C@H]7O)C6(C)C)[C@]5(C)[C@H](O)C[C@]34C)C(C)(C)O)O[C@@H]2CO)O[C@@H]1CO. The highest BCUT2D eigenvalue weighted by atomic mass is 16.8. The van der Waals surface area contributed by atoms with Crippen molar-refractivity contribution < 1.29 is 114 Å². The lowest BCUT2D eigenvalue weighted by atomic mass is 9.38. The quantitative estimate of drug-likeness (QED) is 0.0704. The van der Waals surface area contributed by atoms with E-state index in [1.165, 1.54) is 5.57 Å². The van der Waals surface area contributed by atoms with Gasteiger partial charge in [0.15, 0.2) is 25.2 Å². The fourth-order valence-electron chi connectivity index (χ4n) is 15.9. The van der Waals surface area contributed by atoms with Crippen molar-refractivity contribution in [2.24, 2.45) is 51.2 Å². The maximum Gasteiger partial charge on any atom is 0.187 e. The highest BCUT2D eigenvalue weighted by molar-refractivity contribution is 5.32. The number of aliphatic hydroxyl groups is 15. The molecule has 0 aromatic rings. The van der Waals surface area contributed by atoms with E-state index in [0.717, 1.165) is 19.3 Å². The van der Waals surface area contributed by atoms with E-state index >= 15 is 0 Å². The zero-order chi connectivity index (χ0) is 57.5. The maximum atomic E-state index is 12.7. The Morgan fingerprint density at radius 1 is 0.590 bits per heavy atom. The van der Waals surface area contributed by atoms with Gasteiger partial charge in [0.25, 0.3) is 0 Å². The van der Waals surface area contributed by atoms with E-state index in [2.05, 4.69) is 47.6 Å². The van der Waals surface area contributed by atoms with Crippen LogP contribution in [-0.4, -0.2) is 244 Å². The summed E-state index contributed by atoms with van der Waals surface area (Å²) in [6, 6.07) is 0. The predicted octanol–water partition coefficient (Wildman–Crippen LogP) is -1.96. The third kappa shape index (κ3) is 10.9. The second-order valence-electron chi connectivity index (χ2n) is 26.2. The third-order valence-corrected chi connectivity index (χ3v) is 21.2. The van der Waals surface area contributed by atoms with Crippen molar-refractivity contribution in [3.8, 4) is 0 Å². The van der Waals surface area contributed by atoms with E-state index in [-0.39, 0.29) is 40.9 Å². The molecule has 0 spiro atoms. The molecule has 452 valence electrons. The first-order chi connectivity index (χ1) is 36.5. The molecule has 23 heteroatoms. The average molecular weight is 1120 g/mol. The van der Waals surface area contributed by atoms with Gasteiger partial charge in [0, 0.05) is 16.7 Å². The van der Waals surface area contributed by atoms with Crippen LogP contribution in [-0.2, 0) is 37.9 Å². The molecule has 78 heavy (non-hydrogen) atoms. The highest BCUT2D eigenvalue weighted by Gasteiger charge is 2.70. The lowest BCUT2D eigenvalue weighted by Crippen LogP contribution is -2.67. The summed E-state index contributed by atoms with van der Waals surface area (Å²) in [5.74, 6) is -0.443. The van der Waals surface area contributed by atoms with Crippen molar-refractivity contribution in [2.45, 2.75) is 254 Å². The Bertz CT molecular complexity index is 2020. The van der Waals surface area contributed by atoms with E-state index in [1.807, 2.05) is 0 Å². The second kappa shape index (κ2) is 23.7. The van der Waals surface area contributed by atoms with E-state index in [9.17, 15) is 76.6 Å². The molecule has 8 aliphatic rings. The normalized spacial score (nSPS) is 51.4. The second-order valence-corrected chi connectivity index (χ2v) is 26.2. The molecule has 7 fully saturated rings. The van der Waals surface area contributed by atoms with Crippen molar-refractivity contribution in [2.75, 3.05) is 26.4 Å². The number of fused-ring (bicyclic) bond motifs is 5. The lowest BCUT2D eigenvalue weighted by molar-refractivity contribution is -0.392. The van der Waals surface area contributed by atoms with Gasteiger partial charge in [-0.25, -0.2) is 0 Å². The molecule has 8 rings (SSSR count). The summed E-state index contributed by atoms with van der Waals surface area (Å²) in [6.45, 7) is 15.2. The summed E-state index contributed by atoms with van der Waals surface area (Å²) in [5, 5.41) is 163. The van der Waals surface area contributed by atoms with Crippen molar-refractivity contribution in [1.29, 1.82) is 0 Å². The lowest BCUT2D eigenvalue weighted by Gasteiger charge is -2.67. The van der Waals surface area contributed by atoms with Gasteiger partial charge in [-0.2, -0.15) is 0 Å². The van der Waals surface area contributed by atoms with Crippen LogP contribution in [0.5, 0.6) is 0 Å². The number of rotatable bonds is 17. The Kier molecular flexibility index (Phi) is 19.1. The minimum atomic E-state index is -1.93. The van der Waals surface area contributed by atoms with Crippen LogP contribution < -0.4 is 0 Å². The zero-order valence-corrected chi connectivity index (χ0v) is 46.6. The summed E-state index contributed by atoms with van der Waals surface area (Å²) < 4.78 is 48.7. The molecule has 15 N–H and O–H groups in total. The van der Waals surface area contributed by atoms with Crippen LogP contribution in [0.4, 0.5) is 0 Å². The minimum absolute atomic E-state index is 0.0160. The monoisotopic (exact) mass is 1120 g/mol. The van der Waals surface area contributed by atoms with Crippen LogP contribution in [0.3, 0.4) is 0 Å². The van der Waals surface area contributed by atoms with Crippen LogP contribution >= 0.6 is 0 Å². The van der Waals surface area contributed by atoms with Gasteiger partial charge in [-0.05, 0) is 99.7 Å². The molecule has 30 atom stereocenters. The smallest absolute Gasteiger partial charge is 0.187 e. The topological polar surface area (TPSA) is 377 Å². The highest BCUT2D eigenvalue weighted by Crippen LogP contribution is 2.75. The van der Waals surface area contributed by atoms with Crippen LogP contribution in [0.2, 0.25) is 0 Å². The van der Waals surface area contributed by atoms with Crippen molar-refractivity contribution in [1.82, 2.24) is 0 Å². The molecule has 3 unspecified atom stereocenters. The van der Waals surface area contributed by atoms with Gasteiger partial charge in [-0.1, -0.05) is 60.1 Å². The standard InChI is InChI=1S/C55H94O23/c1-23(25-16-17-53(7)32-13-11-26-27(55(32,9)33(60)18-54(25,53)8)12-15-34(51(26,3)4)75-47-42(67)39(64)37(62)29(20-57)72-47)10-14-35(52(5,6)70)76-50-46(78-49-43(68)40(65)38(63)30(21-58)73-49)44(69)45(31(22-59)74-50)77-48-41(66)36(61)24(2)28(19-56)71-48/h11,23-25,27-50,56-70H,10,12-22H2,1-9H3/t23-,24-,25?,27?,28-,29-,30-,31-,32?,33-,34+,35-,36+,37-,38-,39+,40+,41-,42-,43-,44+,45-,46-,47+,48+,49+,50+,53+,54-,55+/m1/s1. The number of ether oxygens (including phenoxy) is 8. The summed E-state index contributed by atoms with van der Waals surface area (Å²) in [5.41, 5.74) is -1.99. The first-order valence-electron chi connectivity index (χ1n) is 28.4. The van der Waals surface area contributed by atoms with Crippen molar-refractivity contribution in [3.63, 3.8) is 0 Å². The average Bonchev–Trinajstić information content (AvgIpc) is 3.86. The van der Waals surface area contributed by atoms with Crippen molar-refractivity contribution in [3.05, 3.63) is 11.6 Å². The maximum absolute atomic E-state index is 12.7. The fourth-order valence-corrected chi connectivity index (χ4v) is 15.9. The molecule has 0 amide bonds. The largest absolute Gasteiger partial charge is 0.394 e. The Morgan fingerprint density at radius 3 is 1.65 bits per heavy atom. The Morgan fingerprint density at radius 2 is 1.10 bits per heavy atom. The molecule has 4 aliphatic carbocycles. The summed E-state index contributed by atoms with van der Waals surface area (Å²) >= 11 is 0. The molecular formula is C55H94O23. The molecule has 4 aliphatic heterocycles. The van der Waals surface area contributed by atoms with Gasteiger partial charge in [-0.3, -0.25) is 0 Å². The number of hydrogen-bond acceptors (Lipinski definition) is 23. The van der Waals surface area contributed by atoms with E-state index in [1.54, 1.807) is 20.8 Å². The molecule has 4 heterocycles. The van der Waals surface area contributed by atoms with Crippen molar-refractivity contribution >= 4 is 0 Å². The number of allylic oxidation sites excluding steroid dienone is 1. The number of hydrogen-bond donors (Lipinski definition) is 15. The Labute approximate surface area is 457 Å². The number of aliphatic hydroxyl groups excluding tert-OH is 14. The summed E-state index contributed by atoms with van der Waals surface area (Å²) in [4.78, 5) is 0. The first-order valence-corrected chi connectivity index (χ1v) is 28.4. The van der Waals surface area contributed by atoms with Crippen LogP contribution in [0.25, 0.3) is 0 Å². The van der Waals surface area contributed by atoms with Gasteiger partial charge in [0.05, 0.1) is 62.5 Å². The molecule has 0 bridgehead atoms. The van der Waals surface area contributed by atoms with Crippen LogP contribution in [0, 0.1) is 51.2 Å². The molecule has 0 aromatic carbocycles. The van der Waals surface area contributed by atoms with Crippen LogP contribution in [0.1, 0.15) is 114 Å². The molecule has 3 saturated carbocycles. The van der Waals surface area contributed by atoms with E-state index in [4.69, 9.17) is 37.9 Å². The molecule has 4 saturated heterocycles. The molecule has 0 radical (unpaired) electrons. The summed E-state index contributed by atoms with van der Waals surface area (Å²) in [7, 11) is 0. The van der Waals surface area contributed by atoms with Gasteiger partial charge in [0.2, 0.25) is 0 Å². The first kappa shape index (κ1) is 62.9. The van der Waals surface area contributed by atoms with Gasteiger partial charge in [0.1, 0.15) is 79.4 Å². The molecular weight excluding hydrogens is 1030 g/mol. The predicted molar refractivity (Wildman–Crippen MR) is 271 cm³/mol. The van der Waals surface area contributed by atoms with Gasteiger partial charge >= 0.3 is 0 Å². The molecule has 23 nitrogen and oxygen atoms in total. The van der Waals surface area contributed by atoms with Gasteiger partial charge < -0.3 is 114 Å². The van der Waals surface area contributed by atoms with E-state index in [0.29, 0.717) is 25.7 Å². The van der Waals surface area contributed by atoms with Gasteiger partial charge in [-0.15, -0.1) is 0 Å². The minimum Gasteiger partial charge on any atom is -0.394 e. The Hall–Kier alpha value is -1.18. The summed E-state index contributed by atoms with van der Waals surface area (Å²) in [6.07, 6.45) is -24.6.